The summed E-state index contributed by atoms with van der Waals surface area (Å²) >= 11 is 1.97. The third kappa shape index (κ3) is 7.32. The lowest BCUT2D eigenvalue weighted by Gasteiger charge is -2.18. The van der Waals surface area contributed by atoms with E-state index in [1.54, 1.807) is 0 Å². The first-order valence-corrected chi connectivity index (χ1v) is 8.59. The van der Waals surface area contributed by atoms with E-state index in [1.165, 1.54) is 57.5 Å². The van der Waals surface area contributed by atoms with Gasteiger partial charge in [0.1, 0.15) is 0 Å². The van der Waals surface area contributed by atoms with E-state index < -0.39 is 0 Å². The topological polar surface area (TPSA) is 15.3 Å². The molecule has 0 aliphatic carbocycles. The molecule has 1 heterocycles. The van der Waals surface area contributed by atoms with E-state index in [1.807, 2.05) is 11.8 Å². The lowest BCUT2D eigenvalue weighted by molar-refractivity contribution is 0.315. The third-order valence-corrected chi connectivity index (χ3v) is 4.11. The number of unbranched alkanes of at least 4 members (excludes halogenated alkanes) is 3. The molecule has 0 aromatic rings. The molecule has 0 aromatic heterocycles. The predicted octanol–water partition coefficient (Wildman–Crippen LogP) is 2.98. The molecule has 1 atom stereocenters. The van der Waals surface area contributed by atoms with Crippen molar-refractivity contribution in [2.24, 2.45) is 0 Å². The average molecular weight is 258 g/mol. The minimum absolute atomic E-state index is 0.631. The molecular weight excluding hydrogens is 228 g/mol. The van der Waals surface area contributed by atoms with Crippen molar-refractivity contribution >= 4 is 11.8 Å². The normalized spacial score (nSPS) is 21.5. The van der Waals surface area contributed by atoms with Crippen molar-refractivity contribution in [2.75, 3.05) is 31.6 Å². The van der Waals surface area contributed by atoms with Gasteiger partial charge in [0.05, 0.1) is 0 Å². The maximum absolute atomic E-state index is 3.65. The van der Waals surface area contributed by atoms with Gasteiger partial charge in [0.15, 0.2) is 0 Å². The Morgan fingerprint density at radius 1 is 1.24 bits per heavy atom. The Morgan fingerprint density at radius 2 is 2.00 bits per heavy atom. The Kier molecular flexibility index (Phi) is 8.33. The van der Waals surface area contributed by atoms with Gasteiger partial charge in [0, 0.05) is 18.6 Å². The summed E-state index contributed by atoms with van der Waals surface area (Å²) in [6.07, 6.45) is 9.17. The standard InChI is InChI=1S/C14H30N2S/c1-13(2)15-14-8-10-16(12-14)9-6-4-5-7-11-17-3/h13-15H,4-12H2,1-3H3. The fourth-order valence-electron chi connectivity index (χ4n) is 2.58. The molecular formula is C14H30N2S. The summed E-state index contributed by atoms with van der Waals surface area (Å²) in [7, 11) is 0. The van der Waals surface area contributed by atoms with Crippen LogP contribution in [0.1, 0.15) is 46.0 Å². The summed E-state index contributed by atoms with van der Waals surface area (Å²) < 4.78 is 0. The molecule has 1 saturated heterocycles. The molecule has 0 amide bonds. The van der Waals surface area contributed by atoms with Crippen molar-refractivity contribution < 1.29 is 0 Å². The van der Waals surface area contributed by atoms with Crippen LogP contribution in [0.5, 0.6) is 0 Å². The molecule has 2 nitrogen and oxygen atoms in total. The molecule has 1 aliphatic heterocycles. The third-order valence-electron chi connectivity index (χ3n) is 3.41. The number of hydrogen-bond acceptors (Lipinski definition) is 3. The van der Waals surface area contributed by atoms with Crippen LogP contribution < -0.4 is 5.32 Å². The van der Waals surface area contributed by atoms with Gasteiger partial charge in [0.2, 0.25) is 0 Å². The van der Waals surface area contributed by atoms with Crippen molar-refractivity contribution in [3.63, 3.8) is 0 Å². The smallest absolute Gasteiger partial charge is 0.0209 e. The molecule has 1 rings (SSSR count). The maximum atomic E-state index is 3.65. The second-order valence-electron chi connectivity index (χ2n) is 5.51. The number of nitrogens with zero attached hydrogens (tertiary/aromatic N) is 1. The summed E-state index contributed by atoms with van der Waals surface area (Å²) in [5, 5.41) is 3.65. The summed E-state index contributed by atoms with van der Waals surface area (Å²) in [5.74, 6) is 1.34. The van der Waals surface area contributed by atoms with Gasteiger partial charge in [-0.3, -0.25) is 0 Å². The molecule has 0 spiro atoms. The zero-order valence-corrected chi connectivity index (χ0v) is 12.7. The molecule has 102 valence electrons. The quantitative estimate of drug-likeness (QED) is 0.640. The minimum Gasteiger partial charge on any atom is -0.310 e. The average Bonchev–Trinajstić information content (AvgIpc) is 2.70. The molecule has 0 aromatic carbocycles. The van der Waals surface area contributed by atoms with Crippen molar-refractivity contribution in [1.82, 2.24) is 10.2 Å². The van der Waals surface area contributed by atoms with Crippen molar-refractivity contribution in [3.05, 3.63) is 0 Å². The lowest BCUT2D eigenvalue weighted by Crippen LogP contribution is -2.37. The lowest BCUT2D eigenvalue weighted by atomic mass is 10.2. The van der Waals surface area contributed by atoms with E-state index in [-0.39, 0.29) is 0 Å². The molecule has 3 heteroatoms. The van der Waals surface area contributed by atoms with Gasteiger partial charge >= 0.3 is 0 Å². The van der Waals surface area contributed by atoms with Gasteiger partial charge in [0.25, 0.3) is 0 Å². The van der Waals surface area contributed by atoms with Crippen LogP contribution >= 0.6 is 11.8 Å². The Balaban J connectivity index is 1.95. The van der Waals surface area contributed by atoms with Crippen molar-refractivity contribution in [1.29, 1.82) is 0 Å². The van der Waals surface area contributed by atoms with Crippen LogP contribution in [0.15, 0.2) is 0 Å². The summed E-state index contributed by atoms with van der Waals surface area (Å²) in [5.41, 5.74) is 0. The number of hydrogen-bond donors (Lipinski definition) is 1. The van der Waals surface area contributed by atoms with E-state index in [0.29, 0.717) is 6.04 Å². The Morgan fingerprint density at radius 3 is 2.71 bits per heavy atom. The summed E-state index contributed by atoms with van der Waals surface area (Å²) in [6.45, 7) is 8.37. The fraction of sp³-hybridized carbons (Fsp3) is 1.00. The molecule has 0 radical (unpaired) electrons. The zero-order valence-electron chi connectivity index (χ0n) is 11.9. The maximum Gasteiger partial charge on any atom is 0.0209 e. The number of nitrogens with one attached hydrogen (secondary N) is 1. The first-order chi connectivity index (χ1) is 8.22. The van der Waals surface area contributed by atoms with E-state index in [2.05, 4.69) is 30.3 Å². The van der Waals surface area contributed by atoms with Gasteiger partial charge < -0.3 is 10.2 Å². The second-order valence-corrected chi connectivity index (χ2v) is 6.50. The van der Waals surface area contributed by atoms with Crippen LogP contribution in [0.4, 0.5) is 0 Å². The highest BCUT2D eigenvalue weighted by molar-refractivity contribution is 7.98. The van der Waals surface area contributed by atoms with Crippen molar-refractivity contribution in [2.45, 2.75) is 58.0 Å². The fourth-order valence-corrected chi connectivity index (χ4v) is 3.07. The molecule has 1 N–H and O–H groups in total. The van der Waals surface area contributed by atoms with E-state index in [0.717, 1.165) is 6.04 Å². The van der Waals surface area contributed by atoms with Crippen LogP contribution in [0.25, 0.3) is 0 Å². The molecule has 1 fully saturated rings. The molecule has 1 aliphatic rings. The van der Waals surface area contributed by atoms with E-state index in [9.17, 15) is 0 Å². The molecule has 0 bridgehead atoms. The number of likely N-dealkylation sites (tertiary alicyclic amines) is 1. The second kappa shape index (κ2) is 9.23. The first-order valence-electron chi connectivity index (χ1n) is 7.19. The van der Waals surface area contributed by atoms with E-state index >= 15 is 0 Å². The monoisotopic (exact) mass is 258 g/mol. The zero-order chi connectivity index (χ0) is 12.5. The Hall–Kier alpha value is 0.270. The molecule has 17 heavy (non-hydrogen) atoms. The van der Waals surface area contributed by atoms with Crippen LogP contribution in [0.3, 0.4) is 0 Å². The van der Waals surface area contributed by atoms with Gasteiger partial charge in [-0.25, -0.2) is 0 Å². The van der Waals surface area contributed by atoms with E-state index in [4.69, 9.17) is 0 Å². The van der Waals surface area contributed by atoms with Gasteiger partial charge in [-0.2, -0.15) is 11.8 Å². The van der Waals surface area contributed by atoms with Crippen LogP contribution in [0, 0.1) is 0 Å². The Bertz CT molecular complexity index is 185. The molecule has 0 saturated carbocycles. The summed E-state index contributed by atoms with van der Waals surface area (Å²) in [4.78, 5) is 2.63. The van der Waals surface area contributed by atoms with Crippen molar-refractivity contribution in [3.8, 4) is 0 Å². The minimum atomic E-state index is 0.631. The first kappa shape index (κ1) is 15.3. The predicted molar refractivity (Wildman–Crippen MR) is 80.0 cm³/mol. The van der Waals surface area contributed by atoms with Crippen LogP contribution in [0.2, 0.25) is 0 Å². The highest BCUT2D eigenvalue weighted by atomic mass is 32.2. The highest BCUT2D eigenvalue weighted by Gasteiger charge is 2.21. The van der Waals surface area contributed by atoms with Gasteiger partial charge in [-0.1, -0.05) is 26.7 Å². The van der Waals surface area contributed by atoms with Crippen LogP contribution in [-0.4, -0.2) is 48.6 Å². The Labute approximate surface area is 112 Å². The van der Waals surface area contributed by atoms with Crippen LogP contribution in [-0.2, 0) is 0 Å². The largest absolute Gasteiger partial charge is 0.310 e. The number of thioether (sulfide) groups is 1. The summed E-state index contributed by atoms with van der Waals surface area (Å²) in [6, 6.07) is 1.37. The SMILES string of the molecule is CSCCCCCCN1CCC(NC(C)C)C1. The van der Waals surface area contributed by atoms with Gasteiger partial charge in [-0.05, 0) is 44.4 Å². The highest BCUT2D eigenvalue weighted by Crippen LogP contribution is 2.12. The molecule has 1 unspecified atom stereocenters. The van der Waals surface area contributed by atoms with Gasteiger partial charge in [-0.15, -0.1) is 0 Å². The number of rotatable bonds is 9.